The third-order valence-corrected chi connectivity index (χ3v) is 3.28. The van der Waals surface area contributed by atoms with Crippen LogP contribution in [0.2, 0.25) is 0 Å². The molecule has 1 N–H and O–H groups in total. The minimum Gasteiger partial charge on any atom is -0.497 e. The van der Waals surface area contributed by atoms with Gasteiger partial charge < -0.3 is 15.0 Å². The monoisotopic (exact) mass is 306 g/mol. The highest BCUT2D eigenvalue weighted by Crippen LogP contribution is 2.14. The first-order valence-corrected chi connectivity index (χ1v) is 6.44. The first-order chi connectivity index (χ1) is 8.38. The zero-order chi connectivity index (χ0) is 11.9. The summed E-state index contributed by atoms with van der Waals surface area (Å²) in [5, 5.41) is 3.38. The number of hydrogen-bond donors (Lipinski definition) is 1. The summed E-state index contributed by atoms with van der Waals surface area (Å²) in [6.45, 7) is 5.87. The molecule has 1 saturated heterocycles. The van der Waals surface area contributed by atoms with Crippen LogP contribution in [0.1, 0.15) is 12.0 Å². The SMILES string of the molecule is COc1cccc(CCCN2CCNCC2)c1.Cl.Cl. The van der Waals surface area contributed by atoms with Gasteiger partial charge in [0.25, 0.3) is 0 Å². The van der Waals surface area contributed by atoms with Crippen LogP contribution < -0.4 is 10.1 Å². The van der Waals surface area contributed by atoms with E-state index in [-0.39, 0.29) is 24.8 Å². The molecule has 0 atom stereocenters. The van der Waals surface area contributed by atoms with Gasteiger partial charge in [0.15, 0.2) is 0 Å². The van der Waals surface area contributed by atoms with Crippen molar-refractivity contribution in [2.75, 3.05) is 39.8 Å². The van der Waals surface area contributed by atoms with Crippen molar-refractivity contribution >= 4 is 24.8 Å². The van der Waals surface area contributed by atoms with E-state index in [0.717, 1.165) is 25.3 Å². The van der Waals surface area contributed by atoms with E-state index in [1.807, 2.05) is 6.07 Å². The van der Waals surface area contributed by atoms with Gasteiger partial charge in [-0.1, -0.05) is 12.1 Å². The fourth-order valence-electron chi connectivity index (χ4n) is 2.27. The predicted octanol–water partition coefficient (Wildman–Crippen LogP) is 2.38. The maximum atomic E-state index is 5.23. The van der Waals surface area contributed by atoms with Gasteiger partial charge in [-0.25, -0.2) is 0 Å². The Morgan fingerprint density at radius 1 is 1.21 bits per heavy atom. The van der Waals surface area contributed by atoms with E-state index >= 15 is 0 Å². The molecule has 5 heteroatoms. The lowest BCUT2D eigenvalue weighted by Crippen LogP contribution is -2.43. The fraction of sp³-hybridized carbons (Fsp3) is 0.571. The number of nitrogens with zero attached hydrogens (tertiary/aromatic N) is 1. The molecule has 1 heterocycles. The number of ether oxygens (including phenoxy) is 1. The zero-order valence-corrected chi connectivity index (χ0v) is 13.1. The van der Waals surface area contributed by atoms with E-state index in [1.54, 1.807) is 7.11 Å². The second kappa shape index (κ2) is 10.3. The molecule has 1 aromatic rings. The van der Waals surface area contributed by atoms with Crippen LogP contribution >= 0.6 is 24.8 Å². The molecular formula is C14H24Cl2N2O. The molecule has 1 aliphatic rings. The van der Waals surface area contributed by atoms with Gasteiger partial charge in [-0.2, -0.15) is 0 Å². The highest BCUT2D eigenvalue weighted by Gasteiger charge is 2.08. The predicted molar refractivity (Wildman–Crippen MR) is 85.1 cm³/mol. The molecule has 110 valence electrons. The molecule has 0 aliphatic carbocycles. The van der Waals surface area contributed by atoms with Crippen molar-refractivity contribution < 1.29 is 4.74 Å². The van der Waals surface area contributed by atoms with Gasteiger partial charge in [-0.3, -0.25) is 0 Å². The summed E-state index contributed by atoms with van der Waals surface area (Å²) in [6.07, 6.45) is 2.37. The molecule has 1 aromatic carbocycles. The molecule has 19 heavy (non-hydrogen) atoms. The van der Waals surface area contributed by atoms with Gasteiger partial charge in [0.2, 0.25) is 0 Å². The van der Waals surface area contributed by atoms with E-state index in [2.05, 4.69) is 28.4 Å². The Kier molecular flexibility index (Phi) is 10.1. The van der Waals surface area contributed by atoms with Crippen molar-refractivity contribution in [1.29, 1.82) is 0 Å². The van der Waals surface area contributed by atoms with Gasteiger partial charge in [-0.15, -0.1) is 24.8 Å². The average Bonchev–Trinajstić information content (AvgIpc) is 2.40. The van der Waals surface area contributed by atoms with E-state index in [0.29, 0.717) is 0 Å². The largest absolute Gasteiger partial charge is 0.497 e. The molecule has 0 saturated carbocycles. The van der Waals surface area contributed by atoms with Gasteiger partial charge >= 0.3 is 0 Å². The molecule has 0 spiro atoms. The maximum Gasteiger partial charge on any atom is 0.119 e. The Bertz CT molecular complexity index is 344. The molecule has 3 nitrogen and oxygen atoms in total. The number of nitrogens with one attached hydrogen (secondary N) is 1. The third-order valence-electron chi connectivity index (χ3n) is 3.28. The van der Waals surface area contributed by atoms with Gasteiger partial charge in [-0.05, 0) is 37.1 Å². The number of benzene rings is 1. The van der Waals surface area contributed by atoms with Crippen LogP contribution in [-0.2, 0) is 6.42 Å². The number of halogens is 2. The van der Waals surface area contributed by atoms with Gasteiger partial charge in [0.1, 0.15) is 5.75 Å². The number of methoxy groups -OCH3 is 1. The van der Waals surface area contributed by atoms with Crippen molar-refractivity contribution in [3.05, 3.63) is 29.8 Å². The summed E-state index contributed by atoms with van der Waals surface area (Å²) in [6, 6.07) is 8.39. The van der Waals surface area contributed by atoms with Gasteiger partial charge in [0, 0.05) is 26.2 Å². The third kappa shape index (κ3) is 6.48. The van der Waals surface area contributed by atoms with Crippen LogP contribution in [0.3, 0.4) is 0 Å². The molecule has 0 bridgehead atoms. The van der Waals surface area contributed by atoms with Crippen LogP contribution in [-0.4, -0.2) is 44.7 Å². The highest BCUT2D eigenvalue weighted by atomic mass is 35.5. The Hall–Kier alpha value is -0.480. The van der Waals surface area contributed by atoms with Crippen molar-refractivity contribution in [1.82, 2.24) is 10.2 Å². The van der Waals surface area contributed by atoms with E-state index < -0.39 is 0 Å². The van der Waals surface area contributed by atoms with Crippen LogP contribution in [0.4, 0.5) is 0 Å². The number of piperazine rings is 1. The molecule has 0 unspecified atom stereocenters. The quantitative estimate of drug-likeness (QED) is 0.904. The Balaban J connectivity index is 0.00000162. The fourth-order valence-corrected chi connectivity index (χ4v) is 2.27. The van der Waals surface area contributed by atoms with Crippen molar-refractivity contribution in [3.63, 3.8) is 0 Å². The van der Waals surface area contributed by atoms with Crippen molar-refractivity contribution in [2.24, 2.45) is 0 Å². The minimum absolute atomic E-state index is 0. The Labute approximate surface area is 128 Å². The molecule has 1 aliphatic heterocycles. The van der Waals surface area contributed by atoms with Crippen molar-refractivity contribution in [3.8, 4) is 5.75 Å². The van der Waals surface area contributed by atoms with E-state index in [4.69, 9.17) is 4.74 Å². The average molecular weight is 307 g/mol. The number of hydrogen-bond acceptors (Lipinski definition) is 3. The van der Waals surface area contributed by atoms with Crippen LogP contribution in [0.5, 0.6) is 5.75 Å². The smallest absolute Gasteiger partial charge is 0.119 e. The molecule has 1 fully saturated rings. The Morgan fingerprint density at radius 3 is 2.63 bits per heavy atom. The topological polar surface area (TPSA) is 24.5 Å². The maximum absolute atomic E-state index is 5.23. The summed E-state index contributed by atoms with van der Waals surface area (Å²) in [5.74, 6) is 0.963. The molecule has 2 rings (SSSR count). The number of aryl methyl sites for hydroxylation is 1. The second-order valence-electron chi connectivity index (χ2n) is 4.55. The van der Waals surface area contributed by atoms with E-state index in [9.17, 15) is 0 Å². The van der Waals surface area contributed by atoms with Crippen LogP contribution in [0, 0.1) is 0 Å². The van der Waals surface area contributed by atoms with E-state index in [1.165, 1.54) is 31.6 Å². The summed E-state index contributed by atoms with van der Waals surface area (Å²) in [7, 11) is 1.72. The second-order valence-corrected chi connectivity index (χ2v) is 4.55. The molecular weight excluding hydrogens is 283 g/mol. The molecule has 0 amide bonds. The van der Waals surface area contributed by atoms with Gasteiger partial charge in [0.05, 0.1) is 7.11 Å². The normalized spacial score (nSPS) is 15.2. The van der Waals surface area contributed by atoms with Crippen molar-refractivity contribution in [2.45, 2.75) is 12.8 Å². The Morgan fingerprint density at radius 2 is 1.95 bits per heavy atom. The minimum atomic E-state index is 0. The molecule has 0 aromatic heterocycles. The lowest BCUT2D eigenvalue weighted by atomic mass is 10.1. The van der Waals surface area contributed by atoms with Crippen LogP contribution in [0.15, 0.2) is 24.3 Å². The molecule has 0 radical (unpaired) electrons. The standard InChI is InChI=1S/C14H22N2O.2ClH/c1-17-14-6-2-4-13(12-14)5-3-9-16-10-7-15-8-11-16;;/h2,4,6,12,15H,3,5,7-11H2,1H3;2*1H. The lowest BCUT2D eigenvalue weighted by molar-refractivity contribution is 0.238. The highest BCUT2D eigenvalue weighted by molar-refractivity contribution is 5.85. The summed E-state index contributed by atoms with van der Waals surface area (Å²) in [5.41, 5.74) is 1.37. The number of rotatable bonds is 5. The summed E-state index contributed by atoms with van der Waals surface area (Å²) < 4.78 is 5.23. The first-order valence-electron chi connectivity index (χ1n) is 6.44. The summed E-state index contributed by atoms with van der Waals surface area (Å²) in [4.78, 5) is 2.54. The first kappa shape index (κ1) is 18.5. The van der Waals surface area contributed by atoms with Crippen LogP contribution in [0.25, 0.3) is 0 Å². The summed E-state index contributed by atoms with van der Waals surface area (Å²) >= 11 is 0. The zero-order valence-electron chi connectivity index (χ0n) is 11.4. The lowest BCUT2D eigenvalue weighted by Gasteiger charge is -2.27.